The molecule has 1 heterocycles. The summed E-state index contributed by atoms with van der Waals surface area (Å²) in [5.74, 6) is 0.505. The number of ether oxygens (including phenoxy) is 2. The van der Waals surface area contributed by atoms with E-state index in [4.69, 9.17) is 21.1 Å². The number of halogens is 1. The molecule has 0 saturated heterocycles. The molecule has 28 heavy (non-hydrogen) atoms. The SMILES string of the molecule is COc1cc(Cl)c(NS(=O)(=O)c2ccc3c(c2)NC(=O)C[C@H](C)S3)c(OC)c1. The summed E-state index contributed by atoms with van der Waals surface area (Å²) in [4.78, 5) is 12.8. The second-order valence-electron chi connectivity index (χ2n) is 6.13. The molecule has 1 amide bonds. The number of methoxy groups -OCH3 is 2. The predicted octanol–water partition coefficient (Wildman–Crippen LogP) is 3.98. The standard InChI is InChI=1S/C18H19ClN2O5S2/c1-10-6-17(22)20-14-9-12(4-5-16(14)27-10)28(23,24)21-18-13(19)7-11(25-2)8-15(18)26-3/h4-5,7-10,21H,6H2,1-3H3,(H,20,22)/t10-/m0/s1. The van der Waals surface area contributed by atoms with Crippen LogP contribution in [-0.4, -0.2) is 33.8 Å². The van der Waals surface area contributed by atoms with Gasteiger partial charge in [-0.3, -0.25) is 9.52 Å². The Balaban J connectivity index is 1.98. The molecule has 2 N–H and O–H groups in total. The second kappa shape index (κ2) is 8.10. The van der Waals surface area contributed by atoms with Crippen LogP contribution in [0.3, 0.4) is 0 Å². The molecule has 0 saturated carbocycles. The van der Waals surface area contributed by atoms with Gasteiger partial charge in [0.1, 0.15) is 17.2 Å². The van der Waals surface area contributed by atoms with Crippen LogP contribution in [0.2, 0.25) is 5.02 Å². The molecule has 1 aliphatic heterocycles. The molecule has 10 heteroatoms. The van der Waals surface area contributed by atoms with Gasteiger partial charge in [0.15, 0.2) is 0 Å². The molecule has 3 rings (SSSR count). The fourth-order valence-electron chi connectivity index (χ4n) is 2.73. The maximum atomic E-state index is 12.9. The van der Waals surface area contributed by atoms with Gasteiger partial charge in [0.05, 0.1) is 29.8 Å². The normalized spacial score (nSPS) is 16.6. The molecule has 0 fully saturated rings. The van der Waals surface area contributed by atoms with E-state index >= 15 is 0 Å². The van der Waals surface area contributed by atoms with E-state index in [-0.39, 0.29) is 32.5 Å². The van der Waals surface area contributed by atoms with Gasteiger partial charge in [0, 0.05) is 28.7 Å². The Kier molecular flexibility index (Phi) is 5.97. The predicted molar refractivity (Wildman–Crippen MR) is 110 cm³/mol. The Labute approximate surface area is 172 Å². The minimum Gasteiger partial charge on any atom is -0.497 e. The van der Waals surface area contributed by atoms with Gasteiger partial charge in [0.2, 0.25) is 5.91 Å². The van der Waals surface area contributed by atoms with Crippen molar-refractivity contribution in [2.45, 2.75) is 28.4 Å². The van der Waals surface area contributed by atoms with E-state index in [1.807, 2.05) is 6.92 Å². The number of thioether (sulfide) groups is 1. The van der Waals surface area contributed by atoms with Crippen LogP contribution in [0.15, 0.2) is 40.1 Å². The number of sulfonamides is 1. The summed E-state index contributed by atoms with van der Waals surface area (Å²) in [6, 6.07) is 7.62. The Bertz CT molecular complexity index is 1030. The number of rotatable bonds is 5. The lowest BCUT2D eigenvalue weighted by Gasteiger charge is -2.16. The molecule has 2 aromatic rings. The molecule has 0 bridgehead atoms. The lowest BCUT2D eigenvalue weighted by Crippen LogP contribution is -2.16. The van der Waals surface area contributed by atoms with Gasteiger partial charge >= 0.3 is 0 Å². The summed E-state index contributed by atoms with van der Waals surface area (Å²) in [5, 5.41) is 2.99. The molecular weight excluding hydrogens is 424 g/mol. The molecule has 0 spiro atoms. The first-order valence-electron chi connectivity index (χ1n) is 8.28. The Morgan fingerprint density at radius 1 is 1.21 bits per heavy atom. The average Bonchev–Trinajstić information content (AvgIpc) is 2.78. The van der Waals surface area contributed by atoms with Crippen LogP contribution in [0, 0.1) is 0 Å². The van der Waals surface area contributed by atoms with Gasteiger partial charge in [-0.1, -0.05) is 18.5 Å². The molecule has 1 atom stereocenters. The highest BCUT2D eigenvalue weighted by atomic mass is 35.5. The third kappa shape index (κ3) is 4.31. The number of nitrogens with one attached hydrogen (secondary N) is 2. The Morgan fingerprint density at radius 3 is 2.64 bits per heavy atom. The highest BCUT2D eigenvalue weighted by molar-refractivity contribution is 8.00. The molecule has 2 aromatic carbocycles. The molecule has 0 unspecified atom stereocenters. The number of carbonyl (C=O) groups excluding carboxylic acids is 1. The number of hydrogen-bond donors (Lipinski definition) is 2. The van der Waals surface area contributed by atoms with Crippen molar-refractivity contribution in [3.63, 3.8) is 0 Å². The number of carbonyl (C=O) groups is 1. The first kappa shape index (κ1) is 20.6. The van der Waals surface area contributed by atoms with Crippen LogP contribution >= 0.6 is 23.4 Å². The lowest BCUT2D eigenvalue weighted by molar-refractivity contribution is -0.116. The van der Waals surface area contributed by atoms with Crippen molar-refractivity contribution in [2.75, 3.05) is 24.3 Å². The lowest BCUT2D eigenvalue weighted by atomic mass is 10.3. The van der Waals surface area contributed by atoms with E-state index in [9.17, 15) is 13.2 Å². The van der Waals surface area contributed by atoms with Gasteiger partial charge < -0.3 is 14.8 Å². The fraction of sp³-hybridized carbons (Fsp3) is 0.278. The summed E-state index contributed by atoms with van der Waals surface area (Å²) in [6.45, 7) is 1.95. The van der Waals surface area contributed by atoms with Crippen molar-refractivity contribution >= 4 is 50.7 Å². The van der Waals surface area contributed by atoms with Gasteiger partial charge in [0.25, 0.3) is 10.0 Å². The highest BCUT2D eigenvalue weighted by Crippen LogP contribution is 2.39. The van der Waals surface area contributed by atoms with E-state index in [0.29, 0.717) is 17.9 Å². The van der Waals surface area contributed by atoms with Crippen molar-refractivity contribution in [1.82, 2.24) is 0 Å². The molecule has 0 aromatic heterocycles. The topological polar surface area (TPSA) is 93.7 Å². The summed E-state index contributed by atoms with van der Waals surface area (Å²) in [6.07, 6.45) is 0.359. The van der Waals surface area contributed by atoms with Crippen molar-refractivity contribution in [3.8, 4) is 11.5 Å². The van der Waals surface area contributed by atoms with Crippen LogP contribution in [0.4, 0.5) is 11.4 Å². The summed E-state index contributed by atoms with van der Waals surface area (Å²) < 4.78 is 38.6. The van der Waals surface area contributed by atoms with Gasteiger partial charge in [-0.15, -0.1) is 11.8 Å². The van der Waals surface area contributed by atoms with E-state index in [0.717, 1.165) is 4.90 Å². The molecule has 150 valence electrons. The van der Waals surface area contributed by atoms with Crippen LogP contribution in [0.5, 0.6) is 11.5 Å². The van der Waals surface area contributed by atoms with E-state index in [1.54, 1.807) is 6.07 Å². The third-order valence-corrected chi connectivity index (χ3v) is 6.88. The molecule has 1 aliphatic rings. The zero-order chi connectivity index (χ0) is 20.5. The highest BCUT2D eigenvalue weighted by Gasteiger charge is 2.24. The zero-order valence-electron chi connectivity index (χ0n) is 15.4. The number of amides is 1. The third-order valence-electron chi connectivity index (χ3n) is 4.06. The van der Waals surface area contributed by atoms with Crippen molar-refractivity contribution in [3.05, 3.63) is 35.4 Å². The average molecular weight is 443 g/mol. The Hall–Kier alpha value is -2.10. The molecule has 0 radical (unpaired) electrons. The number of benzene rings is 2. The minimum absolute atomic E-state index is 0.00404. The monoisotopic (exact) mass is 442 g/mol. The van der Waals surface area contributed by atoms with Gasteiger partial charge in [-0.05, 0) is 18.2 Å². The molecule has 7 nitrogen and oxygen atoms in total. The fourth-order valence-corrected chi connectivity index (χ4v) is 5.20. The van der Waals surface area contributed by atoms with Crippen LogP contribution in [-0.2, 0) is 14.8 Å². The first-order chi connectivity index (χ1) is 13.2. The summed E-state index contributed by atoms with van der Waals surface area (Å²) >= 11 is 7.73. The summed E-state index contributed by atoms with van der Waals surface area (Å²) in [7, 11) is -1.11. The van der Waals surface area contributed by atoms with Gasteiger partial charge in [-0.25, -0.2) is 8.42 Å². The van der Waals surface area contributed by atoms with E-state index in [1.165, 1.54) is 50.2 Å². The smallest absolute Gasteiger partial charge is 0.262 e. The summed E-state index contributed by atoms with van der Waals surface area (Å²) in [5.41, 5.74) is 0.571. The van der Waals surface area contributed by atoms with Gasteiger partial charge in [-0.2, -0.15) is 0 Å². The van der Waals surface area contributed by atoms with E-state index < -0.39 is 10.0 Å². The molecular formula is C18H19ClN2O5S2. The van der Waals surface area contributed by atoms with Crippen LogP contribution < -0.4 is 19.5 Å². The largest absolute Gasteiger partial charge is 0.497 e. The minimum atomic E-state index is -3.98. The first-order valence-corrected chi connectivity index (χ1v) is 11.0. The van der Waals surface area contributed by atoms with Crippen molar-refractivity contribution < 1.29 is 22.7 Å². The maximum absolute atomic E-state index is 12.9. The quantitative estimate of drug-likeness (QED) is 0.727. The second-order valence-corrected chi connectivity index (χ2v) is 9.70. The Morgan fingerprint density at radius 2 is 1.96 bits per heavy atom. The van der Waals surface area contributed by atoms with Crippen LogP contribution in [0.1, 0.15) is 13.3 Å². The molecule has 0 aliphatic carbocycles. The maximum Gasteiger partial charge on any atom is 0.262 e. The zero-order valence-corrected chi connectivity index (χ0v) is 17.8. The van der Waals surface area contributed by atoms with Crippen molar-refractivity contribution in [2.24, 2.45) is 0 Å². The number of fused-ring (bicyclic) bond motifs is 1. The van der Waals surface area contributed by atoms with Crippen molar-refractivity contribution in [1.29, 1.82) is 0 Å². The number of anilines is 2. The van der Waals surface area contributed by atoms with E-state index in [2.05, 4.69) is 10.0 Å². The van der Waals surface area contributed by atoms with Crippen LogP contribution in [0.25, 0.3) is 0 Å². The number of hydrogen-bond acceptors (Lipinski definition) is 6.